The van der Waals surface area contributed by atoms with Crippen molar-refractivity contribution in [1.82, 2.24) is 19.8 Å². The molecule has 0 bridgehead atoms. The van der Waals surface area contributed by atoms with Crippen LogP contribution in [-0.2, 0) is 9.63 Å². The van der Waals surface area contributed by atoms with E-state index in [-0.39, 0.29) is 24.2 Å². The fourth-order valence-electron chi connectivity index (χ4n) is 5.04. The average Bonchev–Trinajstić information content (AvgIpc) is 3.40. The van der Waals surface area contributed by atoms with Gasteiger partial charge in [0.2, 0.25) is 5.91 Å². The summed E-state index contributed by atoms with van der Waals surface area (Å²) < 4.78 is 0. The van der Waals surface area contributed by atoms with Gasteiger partial charge in [-0.1, -0.05) is 6.92 Å². The van der Waals surface area contributed by atoms with Crippen molar-refractivity contribution in [2.75, 3.05) is 26.2 Å². The highest BCUT2D eigenvalue weighted by molar-refractivity contribution is 5.78. The van der Waals surface area contributed by atoms with Crippen LogP contribution < -0.4 is 0 Å². The number of hydrogen-bond acceptors (Lipinski definition) is 7. The molecule has 2 saturated heterocycles. The average molecular weight is 449 g/mol. The molecule has 3 aliphatic heterocycles. The number of carbonyl (C=O) groups excluding carboxylic acids is 1. The van der Waals surface area contributed by atoms with Crippen LogP contribution in [0.2, 0.25) is 0 Å². The van der Waals surface area contributed by atoms with Gasteiger partial charge in [-0.2, -0.15) is 5.26 Å². The van der Waals surface area contributed by atoms with E-state index in [9.17, 15) is 10.1 Å². The maximum absolute atomic E-state index is 13.4. The minimum atomic E-state index is -0.177. The molecule has 0 spiro atoms. The highest BCUT2D eigenvalue weighted by Gasteiger charge is 2.40. The Hall–Kier alpha value is -2.76. The predicted octanol–water partition coefficient (Wildman–Crippen LogP) is 3.24. The van der Waals surface area contributed by atoms with E-state index < -0.39 is 0 Å². The summed E-state index contributed by atoms with van der Waals surface area (Å²) in [4.78, 5) is 32.8. The number of nitrogens with zero attached hydrogens (tertiary/aromatic N) is 6. The molecule has 174 valence electrons. The lowest BCUT2D eigenvalue weighted by Crippen LogP contribution is -2.51. The molecule has 1 aromatic rings. The Balaban J connectivity index is 1.19. The van der Waals surface area contributed by atoms with Gasteiger partial charge in [0.15, 0.2) is 6.29 Å². The van der Waals surface area contributed by atoms with E-state index in [2.05, 4.69) is 34.0 Å². The number of hydroxylamine groups is 2. The van der Waals surface area contributed by atoms with Gasteiger partial charge >= 0.3 is 0 Å². The second-order valence-electron chi connectivity index (χ2n) is 10.0. The van der Waals surface area contributed by atoms with E-state index in [0.717, 1.165) is 44.5 Å². The van der Waals surface area contributed by atoms with Gasteiger partial charge < -0.3 is 4.90 Å². The van der Waals surface area contributed by atoms with Crippen molar-refractivity contribution in [2.24, 2.45) is 16.3 Å². The molecule has 4 aliphatic rings. The van der Waals surface area contributed by atoms with Gasteiger partial charge in [-0.3, -0.25) is 24.5 Å². The molecule has 2 atom stereocenters. The summed E-state index contributed by atoms with van der Waals surface area (Å²) in [5.74, 6) is -0.0130. The molecule has 8 nitrogen and oxygen atoms in total. The second kappa shape index (κ2) is 9.24. The van der Waals surface area contributed by atoms with Crippen molar-refractivity contribution in [2.45, 2.75) is 57.8 Å². The Morgan fingerprint density at radius 2 is 2.09 bits per heavy atom. The van der Waals surface area contributed by atoms with E-state index in [1.54, 1.807) is 23.5 Å². The van der Waals surface area contributed by atoms with Gasteiger partial charge in [-0.05, 0) is 55.2 Å². The number of piperidine rings is 1. The van der Waals surface area contributed by atoms with Gasteiger partial charge in [-0.25, -0.2) is 5.06 Å². The first kappa shape index (κ1) is 22.1. The number of amides is 1. The predicted molar refractivity (Wildman–Crippen MR) is 123 cm³/mol. The van der Waals surface area contributed by atoms with Crippen LogP contribution in [0.25, 0.3) is 0 Å². The van der Waals surface area contributed by atoms with E-state index in [4.69, 9.17) is 9.83 Å². The Morgan fingerprint density at radius 3 is 2.85 bits per heavy atom. The highest BCUT2D eigenvalue weighted by atomic mass is 16.7. The number of aliphatic imine (C=N–C) groups is 1. The van der Waals surface area contributed by atoms with E-state index >= 15 is 0 Å². The first-order chi connectivity index (χ1) is 16.1. The third kappa shape index (κ3) is 4.80. The number of carbonyl (C=O) groups is 1. The molecular formula is C25H32N6O2. The number of aromatic nitrogens is 1. The molecule has 1 unspecified atom stereocenters. The van der Waals surface area contributed by atoms with Gasteiger partial charge in [0.1, 0.15) is 6.07 Å². The smallest absolute Gasteiger partial charge is 0.249 e. The normalized spacial score (nSPS) is 27.0. The summed E-state index contributed by atoms with van der Waals surface area (Å²) in [5.41, 5.74) is 1.89. The van der Waals surface area contributed by atoms with E-state index in [1.807, 2.05) is 12.3 Å². The number of nitriles is 1. The molecule has 1 aliphatic carbocycles. The Kier molecular flexibility index (Phi) is 6.17. The molecule has 1 aromatic heterocycles. The molecule has 1 amide bonds. The van der Waals surface area contributed by atoms with Gasteiger partial charge in [-0.15, -0.1) is 0 Å². The summed E-state index contributed by atoms with van der Waals surface area (Å²) in [6.45, 7) is 5.57. The van der Waals surface area contributed by atoms with Crippen molar-refractivity contribution in [3.05, 3.63) is 41.9 Å². The van der Waals surface area contributed by atoms with Gasteiger partial charge in [0.25, 0.3) is 0 Å². The summed E-state index contributed by atoms with van der Waals surface area (Å²) in [6.07, 6.45) is 15.6. The van der Waals surface area contributed by atoms with Crippen LogP contribution in [0.5, 0.6) is 0 Å². The van der Waals surface area contributed by atoms with E-state index in [1.165, 1.54) is 19.3 Å². The molecule has 0 N–H and O–H groups in total. The largest absolute Gasteiger partial charge is 0.344 e. The van der Waals surface area contributed by atoms with Crippen LogP contribution >= 0.6 is 0 Å². The van der Waals surface area contributed by atoms with Gasteiger partial charge in [0.05, 0.1) is 18.2 Å². The summed E-state index contributed by atoms with van der Waals surface area (Å²) >= 11 is 0. The Morgan fingerprint density at radius 1 is 1.27 bits per heavy atom. The Bertz CT molecular complexity index is 973. The van der Waals surface area contributed by atoms with Crippen molar-refractivity contribution < 1.29 is 9.63 Å². The van der Waals surface area contributed by atoms with Crippen LogP contribution in [0.4, 0.5) is 0 Å². The summed E-state index contributed by atoms with van der Waals surface area (Å²) in [7, 11) is 0. The number of hydrogen-bond donors (Lipinski definition) is 0. The molecule has 5 rings (SSSR count). The van der Waals surface area contributed by atoms with Crippen LogP contribution in [0.3, 0.4) is 0 Å². The van der Waals surface area contributed by atoms with Crippen molar-refractivity contribution in [3.8, 4) is 6.07 Å². The molecule has 4 heterocycles. The van der Waals surface area contributed by atoms with Gasteiger partial charge in [0, 0.05) is 56.8 Å². The second-order valence-corrected chi connectivity index (χ2v) is 10.0. The number of allylic oxidation sites excluding steroid dienone is 1. The maximum Gasteiger partial charge on any atom is 0.249 e. The zero-order valence-corrected chi connectivity index (χ0v) is 19.3. The monoisotopic (exact) mass is 448 g/mol. The van der Waals surface area contributed by atoms with Crippen LogP contribution in [0.15, 0.2) is 35.7 Å². The fraction of sp³-hybridized carbons (Fsp3) is 0.600. The zero-order valence-electron chi connectivity index (χ0n) is 19.3. The topological polar surface area (TPSA) is 85.1 Å². The standard InChI is InChI=1S/C25H32N6O2/c1-25(6-7-25)8-13-29-10-2-9-28-24(29)30-11-3-20(4-12-30)23(32)31-22(5-14-33-31)21-15-19(16-26)17-27-18-21/h2,9-10,15,17-18,20,22,24H,3-8,11-14H2,1H3/t22-,24?/m0/s1. The summed E-state index contributed by atoms with van der Waals surface area (Å²) in [6, 6.07) is 3.75. The first-order valence-corrected chi connectivity index (χ1v) is 12.1. The van der Waals surface area contributed by atoms with Crippen molar-refractivity contribution in [1.29, 1.82) is 5.26 Å². The van der Waals surface area contributed by atoms with E-state index in [0.29, 0.717) is 17.6 Å². The van der Waals surface area contributed by atoms with Crippen LogP contribution in [-0.4, -0.2) is 64.5 Å². The van der Waals surface area contributed by atoms with Crippen LogP contribution in [0.1, 0.15) is 62.6 Å². The first-order valence-electron chi connectivity index (χ1n) is 12.1. The lowest BCUT2D eigenvalue weighted by atomic mass is 9.94. The third-order valence-electron chi connectivity index (χ3n) is 7.56. The molecule has 33 heavy (non-hydrogen) atoms. The molecule has 1 saturated carbocycles. The van der Waals surface area contributed by atoms with Crippen molar-refractivity contribution >= 4 is 12.1 Å². The number of pyridine rings is 1. The van der Waals surface area contributed by atoms with Crippen molar-refractivity contribution in [3.63, 3.8) is 0 Å². The lowest BCUT2D eigenvalue weighted by molar-refractivity contribution is -0.183. The molecule has 0 aromatic carbocycles. The fourth-order valence-corrected chi connectivity index (χ4v) is 5.04. The quantitative estimate of drug-likeness (QED) is 0.664. The highest BCUT2D eigenvalue weighted by Crippen LogP contribution is 2.48. The minimum Gasteiger partial charge on any atom is -0.344 e. The molecular weight excluding hydrogens is 416 g/mol. The third-order valence-corrected chi connectivity index (χ3v) is 7.56. The van der Waals surface area contributed by atoms with Crippen LogP contribution in [0, 0.1) is 22.7 Å². The number of rotatable bonds is 6. The molecule has 3 fully saturated rings. The minimum absolute atomic E-state index is 0.0315. The number of likely N-dealkylation sites (tertiary alicyclic amines) is 1. The molecule has 8 heteroatoms. The Labute approximate surface area is 195 Å². The zero-order chi connectivity index (χ0) is 22.8. The molecule has 0 radical (unpaired) electrons. The summed E-state index contributed by atoms with van der Waals surface area (Å²) in [5, 5.41) is 10.7. The lowest BCUT2D eigenvalue weighted by Gasteiger charge is -2.41. The SMILES string of the molecule is CC1(CCN2C=CC=NC2N2CCC(C(=O)N3OCC[C@H]3c3cncc(C#N)c3)CC2)CC1. The maximum atomic E-state index is 13.4.